The van der Waals surface area contributed by atoms with Crippen molar-refractivity contribution in [2.24, 2.45) is 0 Å². The van der Waals surface area contributed by atoms with Crippen molar-refractivity contribution in [3.05, 3.63) is 58.1 Å². The summed E-state index contributed by atoms with van der Waals surface area (Å²) in [6.07, 6.45) is 0. The highest BCUT2D eigenvalue weighted by atomic mass is 79.9. The summed E-state index contributed by atoms with van der Waals surface area (Å²) in [5.74, 6) is 0.823. The lowest BCUT2D eigenvalue weighted by Gasteiger charge is -2.28. The molecule has 0 radical (unpaired) electrons. The second-order valence-corrected chi connectivity index (χ2v) is 7.50. The summed E-state index contributed by atoms with van der Waals surface area (Å²) >= 11 is 3.45. The molecule has 2 aromatic carbocycles. The van der Waals surface area contributed by atoms with Crippen LogP contribution in [0.2, 0.25) is 0 Å². The average Bonchev–Trinajstić information content (AvgIpc) is 2.72. The molecule has 0 aliphatic rings. The van der Waals surface area contributed by atoms with Crippen molar-refractivity contribution in [3.8, 4) is 11.5 Å². The maximum Gasteiger partial charge on any atom is 0.261 e. The number of carbonyl (C=O) groups excluding carboxylic acids is 2. The van der Waals surface area contributed by atoms with E-state index in [0.29, 0.717) is 18.0 Å². The third-order valence-corrected chi connectivity index (χ3v) is 5.39. The first-order chi connectivity index (χ1) is 13.8. The molecule has 0 heterocycles. The summed E-state index contributed by atoms with van der Waals surface area (Å²) in [6.45, 7) is 6.13. The van der Waals surface area contributed by atoms with Gasteiger partial charge in [-0.05, 0) is 62.2 Å². The zero-order chi connectivity index (χ0) is 21.4. The van der Waals surface area contributed by atoms with E-state index in [1.807, 2.05) is 50.2 Å². The topological polar surface area (TPSA) is 67.9 Å². The predicted molar refractivity (Wildman–Crippen MR) is 116 cm³/mol. The number of ether oxygens (including phenoxy) is 2. The Kier molecular flexibility index (Phi) is 8.51. The zero-order valence-electron chi connectivity index (χ0n) is 17.2. The quantitative estimate of drug-likeness (QED) is 0.616. The molecule has 0 aliphatic heterocycles. The van der Waals surface area contributed by atoms with Gasteiger partial charge in [0.25, 0.3) is 5.91 Å². The largest absolute Gasteiger partial charge is 0.497 e. The molecular weight excluding hydrogens is 436 g/mol. The van der Waals surface area contributed by atoms with E-state index in [1.54, 1.807) is 20.1 Å². The van der Waals surface area contributed by atoms with Gasteiger partial charge < -0.3 is 19.7 Å². The molecule has 29 heavy (non-hydrogen) atoms. The number of nitrogens with zero attached hydrogens (tertiary/aromatic N) is 1. The summed E-state index contributed by atoms with van der Waals surface area (Å²) in [4.78, 5) is 26.9. The Morgan fingerprint density at radius 1 is 1.17 bits per heavy atom. The van der Waals surface area contributed by atoms with E-state index >= 15 is 0 Å². The van der Waals surface area contributed by atoms with Gasteiger partial charge in [0, 0.05) is 17.6 Å². The summed E-state index contributed by atoms with van der Waals surface area (Å²) in [5, 5.41) is 2.77. The van der Waals surface area contributed by atoms with Gasteiger partial charge in [0.15, 0.2) is 6.61 Å². The van der Waals surface area contributed by atoms with Crippen LogP contribution < -0.4 is 14.8 Å². The summed E-state index contributed by atoms with van der Waals surface area (Å²) in [7, 11) is 1.59. The highest BCUT2D eigenvalue weighted by Gasteiger charge is 2.26. The van der Waals surface area contributed by atoms with Crippen LogP contribution in [-0.2, 0) is 16.1 Å². The van der Waals surface area contributed by atoms with Crippen molar-refractivity contribution in [3.63, 3.8) is 0 Å². The van der Waals surface area contributed by atoms with Crippen LogP contribution >= 0.6 is 15.9 Å². The average molecular weight is 463 g/mol. The lowest BCUT2D eigenvalue weighted by molar-refractivity contribution is -0.142. The minimum absolute atomic E-state index is 0.158. The number of amides is 2. The number of methoxy groups -OCH3 is 1. The molecule has 0 aromatic heterocycles. The number of hydrogen-bond donors (Lipinski definition) is 1. The Bertz CT molecular complexity index is 856. The number of carbonyl (C=O) groups is 2. The molecule has 7 heteroatoms. The summed E-state index contributed by atoms with van der Waals surface area (Å²) in [5.41, 5.74) is 1.88. The molecule has 0 saturated carbocycles. The molecule has 2 amide bonds. The molecule has 0 saturated heterocycles. The molecular formula is C22H27BrN2O4. The monoisotopic (exact) mass is 462 g/mol. The van der Waals surface area contributed by atoms with Gasteiger partial charge in [-0.3, -0.25) is 9.59 Å². The van der Waals surface area contributed by atoms with Crippen LogP contribution in [-0.4, -0.2) is 43.0 Å². The molecule has 1 unspecified atom stereocenters. The lowest BCUT2D eigenvalue weighted by atomic mass is 10.1. The highest BCUT2D eigenvalue weighted by Crippen LogP contribution is 2.22. The minimum Gasteiger partial charge on any atom is -0.497 e. The lowest BCUT2D eigenvalue weighted by Crippen LogP contribution is -2.49. The van der Waals surface area contributed by atoms with Crippen molar-refractivity contribution < 1.29 is 19.1 Å². The number of nitrogens with one attached hydrogen (secondary N) is 1. The van der Waals surface area contributed by atoms with Gasteiger partial charge >= 0.3 is 0 Å². The molecule has 0 bridgehead atoms. The maximum absolute atomic E-state index is 13.0. The molecule has 0 spiro atoms. The van der Waals surface area contributed by atoms with Gasteiger partial charge in [-0.25, -0.2) is 0 Å². The standard InChI is InChI=1S/C22H27BrN2O4/c1-5-24-22(27)16(3)25(13-17-7-6-8-18(12-17)28-4)21(26)14-29-19-9-10-20(23)15(2)11-19/h6-12,16H,5,13-14H2,1-4H3,(H,24,27). The van der Waals surface area contributed by atoms with Crippen LogP contribution in [0.4, 0.5) is 0 Å². The van der Waals surface area contributed by atoms with Crippen LogP contribution in [0.3, 0.4) is 0 Å². The summed E-state index contributed by atoms with van der Waals surface area (Å²) < 4.78 is 11.9. The fourth-order valence-corrected chi connectivity index (χ4v) is 3.05. The number of halogens is 1. The Morgan fingerprint density at radius 3 is 2.59 bits per heavy atom. The Labute approximate surface area is 180 Å². The van der Waals surface area contributed by atoms with E-state index in [9.17, 15) is 9.59 Å². The third kappa shape index (κ3) is 6.49. The normalized spacial score (nSPS) is 11.5. The van der Waals surface area contributed by atoms with Crippen LogP contribution in [0.1, 0.15) is 25.0 Å². The van der Waals surface area contributed by atoms with E-state index in [-0.39, 0.29) is 25.0 Å². The summed E-state index contributed by atoms with van der Waals surface area (Å²) in [6, 6.07) is 12.3. The SMILES string of the molecule is CCNC(=O)C(C)N(Cc1cccc(OC)c1)C(=O)COc1ccc(Br)c(C)c1. The van der Waals surface area contributed by atoms with Crippen molar-refractivity contribution in [1.29, 1.82) is 0 Å². The smallest absolute Gasteiger partial charge is 0.261 e. The predicted octanol–water partition coefficient (Wildman–Crippen LogP) is 3.70. The Morgan fingerprint density at radius 2 is 1.93 bits per heavy atom. The van der Waals surface area contributed by atoms with Gasteiger partial charge in [-0.2, -0.15) is 0 Å². The van der Waals surface area contributed by atoms with E-state index in [0.717, 1.165) is 15.6 Å². The van der Waals surface area contributed by atoms with Gasteiger partial charge in [0.1, 0.15) is 17.5 Å². The number of likely N-dealkylation sites (N-methyl/N-ethyl adjacent to an activating group) is 1. The first-order valence-corrected chi connectivity index (χ1v) is 10.2. The van der Waals surface area contributed by atoms with Crippen molar-refractivity contribution in [2.75, 3.05) is 20.3 Å². The van der Waals surface area contributed by atoms with Gasteiger partial charge in [0.2, 0.25) is 5.91 Å². The molecule has 156 valence electrons. The van der Waals surface area contributed by atoms with E-state index in [4.69, 9.17) is 9.47 Å². The van der Waals surface area contributed by atoms with Crippen molar-refractivity contribution in [1.82, 2.24) is 10.2 Å². The number of aryl methyl sites for hydroxylation is 1. The Hall–Kier alpha value is -2.54. The van der Waals surface area contributed by atoms with E-state index in [1.165, 1.54) is 4.90 Å². The molecule has 1 atom stereocenters. The van der Waals surface area contributed by atoms with E-state index in [2.05, 4.69) is 21.2 Å². The Balaban J connectivity index is 2.16. The second-order valence-electron chi connectivity index (χ2n) is 6.64. The maximum atomic E-state index is 13.0. The first kappa shape index (κ1) is 22.7. The number of benzene rings is 2. The first-order valence-electron chi connectivity index (χ1n) is 9.44. The fraction of sp³-hybridized carbons (Fsp3) is 0.364. The van der Waals surface area contributed by atoms with Crippen LogP contribution in [0.15, 0.2) is 46.9 Å². The molecule has 0 aliphatic carbocycles. The molecule has 2 aromatic rings. The molecule has 1 N–H and O–H groups in total. The number of hydrogen-bond acceptors (Lipinski definition) is 4. The number of rotatable bonds is 9. The minimum atomic E-state index is -0.635. The highest BCUT2D eigenvalue weighted by molar-refractivity contribution is 9.10. The van der Waals surface area contributed by atoms with Gasteiger partial charge in [-0.1, -0.05) is 28.1 Å². The van der Waals surface area contributed by atoms with Crippen molar-refractivity contribution in [2.45, 2.75) is 33.4 Å². The third-order valence-electron chi connectivity index (χ3n) is 4.50. The van der Waals surface area contributed by atoms with Crippen molar-refractivity contribution >= 4 is 27.7 Å². The molecule has 6 nitrogen and oxygen atoms in total. The van der Waals surface area contributed by atoms with Gasteiger partial charge in [0.05, 0.1) is 7.11 Å². The zero-order valence-corrected chi connectivity index (χ0v) is 18.8. The van der Waals surface area contributed by atoms with Crippen LogP contribution in [0.25, 0.3) is 0 Å². The second kappa shape index (κ2) is 10.9. The molecule has 0 fully saturated rings. The van der Waals surface area contributed by atoms with E-state index < -0.39 is 6.04 Å². The molecule has 2 rings (SSSR count). The van der Waals surface area contributed by atoms with Gasteiger partial charge in [-0.15, -0.1) is 0 Å². The van der Waals surface area contributed by atoms with Crippen LogP contribution in [0, 0.1) is 6.92 Å². The fourth-order valence-electron chi connectivity index (χ4n) is 2.81. The van der Waals surface area contributed by atoms with Crippen LogP contribution in [0.5, 0.6) is 11.5 Å².